The molecule has 1 heterocycles. The number of hydrogen-bond donors (Lipinski definition) is 2. The Hall–Kier alpha value is -1.92. The fraction of sp³-hybridized carbons (Fsp3) is 0. The maximum atomic E-state index is 10.6. The van der Waals surface area contributed by atoms with Gasteiger partial charge in [0.25, 0.3) is 0 Å². The topological polar surface area (TPSA) is 101 Å². The van der Waals surface area contributed by atoms with Gasteiger partial charge in [0.15, 0.2) is 0 Å². The van der Waals surface area contributed by atoms with E-state index in [1.807, 2.05) is 5.10 Å². The van der Waals surface area contributed by atoms with E-state index in [2.05, 4.69) is 10.4 Å². The molecule has 0 aliphatic rings. The van der Waals surface area contributed by atoms with E-state index in [1.165, 1.54) is 0 Å². The molecular formula is C4H4N4O3. The molecule has 0 unspecified atom stereocenters. The van der Waals surface area contributed by atoms with Crippen molar-refractivity contribution >= 4 is 12.2 Å². The quantitative estimate of drug-likeness (QED) is 0.508. The molecule has 1 aromatic heterocycles. The second-order valence-corrected chi connectivity index (χ2v) is 1.60. The first-order valence-electron chi connectivity index (χ1n) is 2.61. The number of rotatable bonds is 2. The number of carbonyl (C=O) groups is 1. The van der Waals surface area contributed by atoms with Crippen LogP contribution in [0.1, 0.15) is 0 Å². The summed E-state index contributed by atoms with van der Waals surface area (Å²) in [5, 5.41) is 16.5. The van der Waals surface area contributed by atoms with E-state index in [0.717, 1.165) is 17.0 Å². The highest BCUT2D eigenvalue weighted by molar-refractivity contribution is 5.82. The van der Waals surface area contributed by atoms with Crippen LogP contribution < -0.4 is 5.69 Å². The third-order valence-corrected chi connectivity index (χ3v) is 0.853. The predicted molar refractivity (Wildman–Crippen MR) is 33.6 cm³/mol. The van der Waals surface area contributed by atoms with Crippen LogP contribution in [0.15, 0.2) is 10.9 Å². The minimum absolute atomic E-state index is 0.581. The molecule has 0 fully saturated rings. The first-order chi connectivity index (χ1) is 5.20. The summed E-state index contributed by atoms with van der Waals surface area (Å²) in [5.41, 5.74) is -0.581. The molecule has 0 amide bonds. The Bertz CT molecular complexity index is 335. The standard InChI is InChI=1S/C4H4N4O3/c9-3(10)1-2-8-4(11)5-6-7-8/h1-2H,(H,9,10)(H,5,7,11)/b2-1+. The van der Waals surface area contributed by atoms with Crippen LogP contribution in [-0.2, 0) is 4.79 Å². The van der Waals surface area contributed by atoms with Gasteiger partial charge in [0.2, 0.25) is 0 Å². The molecular weight excluding hydrogens is 152 g/mol. The zero-order valence-corrected chi connectivity index (χ0v) is 5.26. The van der Waals surface area contributed by atoms with Gasteiger partial charge in [-0.1, -0.05) is 0 Å². The molecule has 11 heavy (non-hydrogen) atoms. The summed E-state index contributed by atoms with van der Waals surface area (Å²) >= 11 is 0. The van der Waals surface area contributed by atoms with Crippen LogP contribution in [0.4, 0.5) is 0 Å². The second-order valence-electron chi connectivity index (χ2n) is 1.60. The van der Waals surface area contributed by atoms with Crippen molar-refractivity contribution in [2.24, 2.45) is 0 Å². The molecule has 0 bridgehead atoms. The third kappa shape index (κ3) is 1.75. The summed E-state index contributed by atoms with van der Waals surface area (Å²) in [6, 6.07) is 0. The first kappa shape index (κ1) is 7.19. The van der Waals surface area contributed by atoms with Crippen LogP contribution in [0.5, 0.6) is 0 Å². The van der Waals surface area contributed by atoms with Crippen LogP contribution in [-0.4, -0.2) is 31.3 Å². The van der Waals surface area contributed by atoms with Crippen molar-refractivity contribution in [1.82, 2.24) is 20.2 Å². The van der Waals surface area contributed by atoms with Gasteiger partial charge >= 0.3 is 11.7 Å². The third-order valence-electron chi connectivity index (χ3n) is 0.853. The van der Waals surface area contributed by atoms with E-state index >= 15 is 0 Å². The van der Waals surface area contributed by atoms with Crippen molar-refractivity contribution in [2.45, 2.75) is 0 Å². The maximum absolute atomic E-state index is 10.6. The lowest BCUT2D eigenvalue weighted by Gasteiger charge is -1.80. The molecule has 7 heteroatoms. The Labute approximate surface area is 59.9 Å². The number of H-pyrrole nitrogens is 1. The van der Waals surface area contributed by atoms with Gasteiger partial charge in [0.1, 0.15) is 0 Å². The minimum atomic E-state index is -1.15. The number of aromatic amines is 1. The van der Waals surface area contributed by atoms with Crippen molar-refractivity contribution in [3.8, 4) is 0 Å². The number of nitrogens with one attached hydrogen (secondary N) is 1. The summed E-state index contributed by atoms with van der Waals surface area (Å²) in [4.78, 5) is 20.5. The van der Waals surface area contributed by atoms with Crippen molar-refractivity contribution < 1.29 is 9.90 Å². The van der Waals surface area contributed by atoms with Gasteiger partial charge < -0.3 is 5.11 Å². The average molecular weight is 156 g/mol. The molecule has 0 aliphatic carbocycles. The Morgan fingerprint density at radius 2 is 2.45 bits per heavy atom. The molecule has 58 valence electrons. The lowest BCUT2D eigenvalue weighted by Crippen LogP contribution is -2.12. The minimum Gasteiger partial charge on any atom is -0.478 e. The van der Waals surface area contributed by atoms with Crippen LogP contribution >= 0.6 is 0 Å². The van der Waals surface area contributed by atoms with Crippen molar-refractivity contribution in [1.29, 1.82) is 0 Å². The molecule has 0 atom stereocenters. The molecule has 2 N–H and O–H groups in total. The fourth-order valence-corrected chi connectivity index (χ4v) is 0.437. The summed E-state index contributed by atoms with van der Waals surface area (Å²) in [6.07, 6.45) is 1.78. The van der Waals surface area contributed by atoms with E-state index in [-0.39, 0.29) is 0 Å². The molecule has 0 aliphatic heterocycles. The van der Waals surface area contributed by atoms with Crippen LogP contribution in [0.2, 0.25) is 0 Å². The molecule has 0 aromatic carbocycles. The van der Waals surface area contributed by atoms with E-state index in [0.29, 0.717) is 0 Å². The van der Waals surface area contributed by atoms with Crippen molar-refractivity contribution in [3.05, 3.63) is 16.6 Å². The average Bonchev–Trinajstić information content (AvgIpc) is 2.31. The normalized spacial score (nSPS) is 10.5. The van der Waals surface area contributed by atoms with Crippen molar-refractivity contribution in [3.63, 3.8) is 0 Å². The highest BCUT2D eigenvalue weighted by atomic mass is 16.4. The Balaban J connectivity index is 2.88. The first-order valence-corrected chi connectivity index (χ1v) is 2.61. The van der Waals surface area contributed by atoms with Gasteiger partial charge in [-0.25, -0.2) is 14.7 Å². The van der Waals surface area contributed by atoms with E-state index in [9.17, 15) is 9.59 Å². The Kier molecular flexibility index (Phi) is 1.81. The summed E-state index contributed by atoms with van der Waals surface area (Å²) in [5.74, 6) is -1.15. The monoisotopic (exact) mass is 156 g/mol. The largest absolute Gasteiger partial charge is 0.478 e. The van der Waals surface area contributed by atoms with Gasteiger partial charge in [0.05, 0.1) is 0 Å². The maximum Gasteiger partial charge on any atom is 0.365 e. The van der Waals surface area contributed by atoms with E-state index in [4.69, 9.17) is 5.11 Å². The number of hydrogen-bond acceptors (Lipinski definition) is 4. The number of nitrogens with zero attached hydrogens (tertiary/aromatic N) is 3. The SMILES string of the molecule is O=C(O)/C=C/n1nn[nH]c1=O. The van der Waals surface area contributed by atoms with Crippen LogP contribution in [0.25, 0.3) is 6.20 Å². The van der Waals surface area contributed by atoms with E-state index in [1.54, 1.807) is 0 Å². The van der Waals surface area contributed by atoms with Gasteiger partial charge in [0, 0.05) is 12.3 Å². The Morgan fingerprint density at radius 1 is 1.73 bits per heavy atom. The molecule has 0 radical (unpaired) electrons. The molecule has 7 nitrogen and oxygen atoms in total. The zero-order valence-electron chi connectivity index (χ0n) is 5.26. The predicted octanol–water partition coefficient (Wildman–Crippen LogP) is -1.48. The van der Waals surface area contributed by atoms with Gasteiger partial charge in [-0.05, 0) is 10.4 Å². The molecule has 0 spiro atoms. The van der Waals surface area contributed by atoms with Gasteiger partial charge in [-0.2, -0.15) is 4.68 Å². The number of carboxylic acids is 1. The Morgan fingerprint density at radius 3 is 2.91 bits per heavy atom. The molecule has 1 rings (SSSR count). The highest BCUT2D eigenvalue weighted by Crippen LogP contribution is 1.74. The summed E-state index contributed by atoms with van der Waals surface area (Å²) in [6.45, 7) is 0. The number of aliphatic carboxylic acids is 1. The number of carboxylic acid groups (broad SMARTS) is 1. The molecule has 1 aromatic rings. The molecule has 0 saturated carbocycles. The van der Waals surface area contributed by atoms with Crippen LogP contribution in [0.3, 0.4) is 0 Å². The fourth-order valence-electron chi connectivity index (χ4n) is 0.437. The lowest BCUT2D eigenvalue weighted by atomic mass is 10.6. The lowest BCUT2D eigenvalue weighted by molar-refractivity contribution is -0.131. The van der Waals surface area contributed by atoms with Crippen molar-refractivity contribution in [2.75, 3.05) is 0 Å². The van der Waals surface area contributed by atoms with Gasteiger partial charge in [-0.15, -0.1) is 0 Å². The smallest absolute Gasteiger partial charge is 0.365 e. The number of aromatic nitrogens is 4. The molecule has 0 saturated heterocycles. The van der Waals surface area contributed by atoms with Crippen LogP contribution in [0, 0.1) is 0 Å². The second kappa shape index (κ2) is 2.78. The summed E-state index contributed by atoms with van der Waals surface area (Å²) < 4.78 is 0.772. The summed E-state index contributed by atoms with van der Waals surface area (Å²) in [7, 11) is 0. The highest BCUT2D eigenvalue weighted by Gasteiger charge is 1.92. The van der Waals surface area contributed by atoms with E-state index < -0.39 is 11.7 Å². The number of tetrazole rings is 1. The zero-order chi connectivity index (χ0) is 8.27. The van der Waals surface area contributed by atoms with Gasteiger partial charge in [-0.3, -0.25) is 0 Å².